The molecule has 0 aliphatic carbocycles. The number of hydrogen-bond donors (Lipinski definition) is 2. The molecule has 4 rings (SSSR count). The minimum absolute atomic E-state index is 0.221. The van der Waals surface area contributed by atoms with Crippen LogP contribution < -0.4 is 14.3 Å². The number of rotatable bonds is 3. The van der Waals surface area contributed by atoms with Gasteiger partial charge in [-0.1, -0.05) is 23.5 Å². The van der Waals surface area contributed by atoms with E-state index in [0.29, 0.717) is 27.0 Å². The second-order valence-electron chi connectivity index (χ2n) is 5.92. The molecule has 2 unspecified atom stereocenters. The predicted octanol–water partition coefficient (Wildman–Crippen LogP) is 2.06. The number of aliphatic carboxylic acids is 1. The first kappa shape index (κ1) is 16.2. The lowest BCUT2D eigenvalue weighted by Crippen LogP contribution is -2.49. The zero-order chi connectivity index (χ0) is 17.8. The van der Waals surface area contributed by atoms with Gasteiger partial charge in [0.05, 0.1) is 18.6 Å². The highest BCUT2D eigenvalue weighted by molar-refractivity contribution is 7.99. The Morgan fingerprint density at radius 3 is 3.00 bits per heavy atom. The Kier molecular flexibility index (Phi) is 3.66. The van der Waals surface area contributed by atoms with Crippen molar-refractivity contribution in [1.29, 1.82) is 0 Å². The highest BCUT2D eigenvalue weighted by Crippen LogP contribution is 2.59. The monoisotopic (exact) mass is 379 g/mol. The number of H-pyrrole nitrogens is 1. The molecule has 130 valence electrons. The molecule has 1 aromatic carbocycles. The summed E-state index contributed by atoms with van der Waals surface area (Å²) < 4.78 is 10.8. The van der Waals surface area contributed by atoms with Crippen molar-refractivity contribution in [3.8, 4) is 11.5 Å². The minimum atomic E-state index is -1.26. The van der Waals surface area contributed by atoms with Crippen LogP contribution in [0.1, 0.15) is 22.8 Å². The van der Waals surface area contributed by atoms with Crippen molar-refractivity contribution in [2.45, 2.75) is 17.4 Å². The predicted molar refractivity (Wildman–Crippen MR) is 90.8 cm³/mol. The topological polar surface area (TPSA) is 106 Å². The smallest absolute Gasteiger partial charge is 0.320 e. The lowest BCUT2D eigenvalue weighted by Gasteiger charge is -2.43. The van der Waals surface area contributed by atoms with Crippen LogP contribution in [0.5, 0.6) is 11.5 Å². The highest BCUT2D eigenvalue weighted by atomic mass is 32.2. The second kappa shape index (κ2) is 5.63. The largest absolute Gasteiger partial charge is 0.493 e. The van der Waals surface area contributed by atoms with Gasteiger partial charge in [-0.3, -0.25) is 14.4 Å². The lowest BCUT2D eigenvalue weighted by molar-refractivity contribution is -0.154. The molecule has 0 spiro atoms. The number of hydrogen-bond acceptors (Lipinski definition) is 7. The molecule has 0 radical (unpaired) electrons. The van der Waals surface area contributed by atoms with Crippen molar-refractivity contribution >= 4 is 35.0 Å². The van der Waals surface area contributed by atoms with Crippen molar-refractivity contribution in [3.63, 3.8) is 0 Å². The Labute approximate surface area is 150 Å². The van der Waals surface area contributed by atoms with Crippen molar-refractivity contribution < 1.29 is 24.2 Å². The molecule has 2 N–H and O–H groups in total. The van der Waals surface area contributed by atoms with Gasteiger partial charge in [0.1, 0.15) is 5.41 Å². The second-order valence-corrected chi connectivity index (χ2v) is 7.92. The molecule has 3 heterocycles. The number of benzene rings is 1. The van der Waals surface area contributed by atoms with E-state index in [4.69, 9.17) is 9.47 Å². The summed E-state index contributed by atoms with van der Waals surface area (Å²) in [4.78, 5) is 39.5. The molecule has 0 bridgehead atoms. The number of carboxylic acid groups (broad SMARTS) is 1. The number of thiazole rings is 1. The van der Waals surface area contributed by atoms with Gasteiger partial charge in [0.2, 0.25) is 0 Å². The fourth-order valence-electron chi connectivity index (χ4n) is 3.49. The number of fused-ring (bicyclic) bond motifs is 5. The third-order valence-corrected chi connectivity index (χ3v) is 6.89. The van der Waals surface area contributed by atoms with Gasteiger partial charge in [-0.15, -0.1) is 11.8 Å². The Hall–Kier alpha value is -2.26. The van der Waals surface area contributed by atoms with E-state index in [1.54, 1.807) is 18.2 Å². The number of para-hydroxylation sites is 1. The summed E-state index contributed by atoms with van der Waals surface area (Å²) >= 11 is 2.29. The molecular weight excluding hydrogens is 366 g/mol. The van der Waals surface area contributed by atoms with Crippen LogP contribution in [-0.2, 0) is 9.59 Å². The average molecular weight is 379 g/mol. The van der Waals surface area contributed by atoms with E-state index in [1.807, 2.05) is 0 Å². The first-order chi connectivity index (χ1) is 12.0. The Morgan fingerprint density at radius 1 is 1.48 bits per heavy atom. The zero-order valence-corrected chi connectivity index (χ0v) is 14.7. The van der Waals surface area contributed by atoms with E-state index >= 15 is 0 Å². The van der Waals surface area contributed by atoms with E-state index in [1.165, 1.54) is 18.9 Å². The van der Waals surface area contributed by atoms with Crippen LogP contribution in [0, 0.1) is 5.41 Å². The summed E-state index contributed by atoms with van der Waals surface area (Å²) in [6, 6.07) is 5.23. The number of esters is 1. The van der Waals surface area contributed by atoms with E-state index < -0.39 is 23.3 Å². The number of carboxylic acids is 1. The lowest BCUT2D eigenvalue weighted by atomic mass is 9.68. The maximum absolute atomic E-state index is 12.9. The SMILES string of the molecule is COc1cccc2c1OC(=O)C1(CC(=O)O)CSc3[nH]c(=O)sc3C21. The highest BCUT2D eigenvalue weighted by Gasteiger charge is 2.57. The van der Waals surface area contributed by atoms with Gasteiger partial charge in [-0.05, 0) is 6.07 Å². The van der Waals surface area contributed by atoms with Gasteiger partial charge >= 0.3 is 16.8 Å². The fourth-order valence-corrected chi connectivity index (χ4v) is 6.04. The summed E-state index contributed by atoms with van der Waals surface area (Å²) in [5.41, 5.74) is -0.592. The zero-order valence-electron chi connectivity index (χ0n) is 13.0. The van der Waals surface area contributed by atoms with Crippen LogP contribution in [0.25, 0.3) is 0 Å². The number of thioether (sulfide) groups is 1. The summed E-state index contributed by atoms with van der Waals surface area (Å²) in [6.07, 6.45) is -0.369. The molecule has 7 nitrogen and oxygen atoms in total. The van der Waals surface area contributed by atoms with Gasteiger partial charge in [0.25, 0.3) is 0 Å². The molecule has 25 heavy (non-hydrogen) atoms. The Morgan fingerprint density at radius 2 is 2.28 bits per heavy atom. The van der Waals surface area contributed by atoms with Gasteiger partial charge in [0, 0.05) is 22.1 Å². The molecule has 0 fully saturated rings. The first-order valence-electron chi connectivity index (χ1n) is 7.43. The fraction of sp³-hybridized carbons (Fsp3) is 0.312. The molecule has 0 saturated heterocycles. The maximum atomic E-state index is 12.9. The van der Waals surface area contributed by atoms with Crippen LogP contribution in [0.15, 0.2) is 28.0 Å². The summed E-state index contributed by atoms with van der Waals surface area (Å²) in [6.45, 7) is 0. The van der Waals surface area contributed by atoms with Crippen LogP contribution in [-0.4, -0.2) is 34.9 Å². The molecule has 9 heteroatoms. The van der Waals surface area contributed by atoms with E-state index in [9.17, 15) is 19.5 Å². The van der Waals surface area contributed by atoms with Gasteiger partial charge in [0.15, 0.2) is 11.5 Å². The van der Waals surface area contributed by atoms with Crippen molar-refractivity contribution in [2.24, 2.45) is 5.41 Å². The molecule has 0 saturated carbocycles. The molecule has 2 aliphatic rings. The van der Waals surface area contributed by atoms with Crippen molar-refractivity contribution in [3.05, 3.63) is 38.3 Å². The number of carbonyl (C=O) groups excluding carboxylic acids is 1. The normalized spacial score (nSPS) is 23.9. The third-order valence-electron chi connectivity index (χ3n) is 4.54. The summed E-state index contributed by atoms with van der Waals surface area (Å²) in [5, 5.41) is 10.1. The number of aromatic nitrogens is 1. The van der Waals surface area contributed by atoms with Crippen LogP contribution in [0.3, 0.4) is 0 Å². The van der Waals surface area contributed by atoms with E-state index in [2.05, 4.69) is 4.98 Å². The van der Waals surface area contributed by atoms with Crippen molar-refractivity contribution in [1.82, 2.24) is 4.98 Å². The van der Waals surface area contributed by atoms with Gasteiger partial charge in [-0.25, -0.2) is 0 Å². The van der Waals surface area contributed by atoms with Crippen LogP contribution in [0.4, 0.5) is 0 Å². The molecular formula is C16H13NO6S2. The summed E-state index contributed by atoms with van der Waals surface area (Å²) in [5.74, 6) is -1.33. The Bertz CT molecular complexity index is 948. The number of methoxy groups -OCH3 is 1. The van der Waals surface area contributed by atoms with Crippen LogP contribution in [0.2, 0.25) is 0 Å². The molecule has 2 aliphatic heterocycles. The third kappa shape index (κ3) is 2.30. The van der Waals surface area contributed by atoms with Gasteiger partial charge < -0.3 is 19.6 Å². The summed E-state index contributed by atoms with van der Waals surface area (Å²) in [7, 11) is 1.47. The standard InChI is InChI=1S/C16H13NO6S2/c1-22-8-4-2-3-7-10-12-13(17-15(21)25-12)24-6-16(10,5-9(18)19)14(20)23-11(7)8/h2-4,10H,5-6H2,1H3,(H,17,21)(H,18,19). The quantitative estimate of drug-likeness (QED) is 0.621. The van der Waals surface area contributed by atoms with Gasteiger partial charge in [-0.2, -0.15) is 0 Å². The maximum Gasteiger partial charge on any atom is 0.320 e. The molecule has 2 atom stereocenters. The molecule has 2 aromatic rings. The molecule has 0 amide bonds. The van der Waals surface area contributed by atoms with E-state index in [0.717, 1.165) is 11.3 Å². The first-order valence-corrected chi connectivity index (χ1v) is 9.23. The number of nitrogens with one attached hydrogen (secondary N) is 1. The number of carbonyl (C=O) groups is 2. The average Bonchev–Trinajstić information content (AvgIpc) is 2.94. The minimum Gasteiger partial charge on any atom is -0.493 e. The Balaban J connectivity index is 2.01. The van der Waals surface area contributed by atoms with E-state index in [-0.39, 0.29) is 17.0 Å². The molecule has 1 aromatic heterocycles. The van der Waals surface area contributed by atoms with Crippen LogP contribution >= 0.6 is 23.1 Å². The number of aromatic amines is 1. The van der Waals surface area contributed by atoms with Crippen molar-refractivity contribution in [2.75, 3.05) is 12.9 Å². The number of ether oxygens (including phenoxy) is 2.